The SMILES string of the molecule is CCCCCCCCCCCCCCCCC(CC)[PH2]=S. The molecule has 2 heteroatoms. The van der Waals surface area contributed by atoms with Crippen LogP contribution >= 0.6 is 7.36 Å². The zero-order valence-electron chi connectivity index (χ0n) is 14.9. The van der Waals surface area contributed by atoms with Crippen molar-refractivity contribution in [3.63, 3.8) is 0 Å². The van der Waals surface area contributed by atoms with Gasteiger partial charge in [0.15, 0.2) is 0 Å². The van der Waals surface area contributed by atoms with Crippen LogP contribution in [0.2, 0.25) is 0 Å². The van der Waals surface area contributed by atoms with Gasteiger partial charge in [0.1, 0.15) is 0 Å². The molecule has 0 aliphatic carbocycles. The highest BCUT2D eigenvalue weighted by Gasteiger charge is 2.00. The molecule has 0 spiro atoms. The quantitative estimate of drug-likeness (QED) is 0.196. The van der Waals surface area contributed by atoms with Gasteiger partial charge in [-0.05, 0) is 18.5 Å². The first-order valence-corrected chi connectivity index (χ1v) is 12.4. The lowest BCUT2D eigenvalue weighted by atomic mass is 10.0. The van der Waals surface area contributed by atoms with E-state index in [1.165, 1.54) is 103 Å². The number of unbranched alkanes of at least 4 members (excludes halogenated alkanes) is 13. The third-order valence-corrected chi connectivity index (χ3v) is 6.99. The zero-order chi connectivity index (χ0) is 15.6. The molecule has 0 aromatic rings. The maximum absolute atomic E-state index is 5.26. The minimum atomic E-state index is 0.296. The van der Waals surface area contributed by atoms with Gasteiger partial charge in [-0.1, -0.05) is 111 Å². The number of hydrogen-bond acceptors (Lipinski definition) is 1. The van der Waals surface area contributed by atoms with Crippen LogP contribution in [0.25, 0.3) is 0 Å². The second kappa shape index (κ2) is 18.7. The Bertz CT molecular complexity index is 206. The van der Waals surface area contributed by atoms with Crippen molar-refractivity contribution in [1.29, 1.82) is 0 Å². The minimum Gasteiger partial charge on any atom is -0.104 e. The molecule has 0 saturated carbocycles. The summed E-state index contributed by atoms with van der Waals surface area (Å²) in [5.74, 6) is 0. The normalized spacial score (nSPS) is 13.2. The Labute approximate surface area is 141 Å². The van der Waals surface area contributed by atoms with Crippen LogP contribution in [0.5, 0.6) is 0 Å². The largest absolute Gasteiger partial charge is 0.104 e. The smallest absolute Gasteiger partial charge is 0.0172 e. The van der Waals surface area contributed by atoms with E-state index < -0.39 is 0 Å². The Hall–Kier alpha value is 0.650. The Morgan fingerprint density at radius 3 is 1.33 bits per heavy atom. The molecule has 2 unspecified atom stereocenters. The Balaban J connectivity index is 3.04. The van der Waals surface area contributed by atoms with Gasteiger partial charge in [-0.3, -0.25) is 0 Å². The van der Waals surface area contributed by atoms with E-state index in [9.17, 15) is 0 Å². The van der Waals surface area contributed by atoms with E-state index in [0.717, 1.165) is 5.66 Å². The van der Waals surface area contributed by atoms with Gasteiger partial charge in [-0.15, -0.1) is 11.8 Å². The minimum absolute atomic E-state index is 0.296. The highest BCUT2D eigenvalue weighted by molar-refractivity contribution is 7.96. The van der Waals surface area contributed by atoms with Crippen molar-refractivity contribution in [2.45, 2.75) is 122 Å². The lowest BCUT2D eigenvalue weighted by Gasteiger charge is -2.08. The zero-order valence-corrected chi connectivity index (χ0v) is 16.8. The fourth-order valence-electron chi connectivity index (χ4n) is 2.97. The monoisotopic (exact) mass is 332 g/mol. The Kier molecular flexibility index (Phi) is 19.3. The second-order valence-corrected chi connectivity index (χ2v) is 8.72. The van der Waals surface area contributed by atoms with Gasteiger partial charge in [-0.25, -0.2) is 0 Å². The van der Waals surface area contributed by atoms with Gasteiger partial charge >= 0.3 is 0 Å². The third-order valence-electron chi connectivity index (χ3n) is 4.65. The van der Waals surface area contributed by atoms with Gasteiger partial charge in [0.2, 0.25) is 0 Å². The van der Waals surface area contributed by atoms with Crippen LogP contribution in [-0.2, 0) is 11.8 Å². The first kappa shape index (κ1) is 21.6. The molecule has 0 nitrogen and oxygen atoms in total. The van der Waals surface area contributed by atoms with Crippen LogP contribution in [-0.4, -0.2) is 5.66 Å². The molecule has 0 aromatic carbocycles. The van der Waals surface area contributed by atoms with Crippen LogP contribution in [0.15, 0.2) is 0 Å². The molecule has 0 amide bonds. The predicted octanol–water partition coefficient (Wildman–Crippen LogP) is 7.51. The molecule has 0 fully saturated rings. The molecule has 21 heavy (non-hydrogen) atoms. The molecule has 0 rings (SSSR count). The molecule has 2 atom stereocenters. The van der Waals surface area contributed by atoms with Crippen LogP contribution < -0.4 is 0 Å². The first-order valence-electron chi connectivity index (χ1n) is 9.80. The Morgan fingerprint density at radius 1 is 0.619 bits per heavy atom. The summed E-state index contributed by atoms with van der Waals surface area (Å²) in [6.07, 6.45) is 23.1. The summed E-state index contributed by atoms with van der Waals surface area (Å²) in [4.78, 5) is 0. The molecule has 0 radical (unpaired) electrons. The van der Waals surface area contributed by atoms with Crippen LogP contribution in [0.3, 0.4) is 0 Å². The fourth-order valence-corrected chi connectivity index (χ4v) is 4.52. The molecule has 0 heterocycles. The summed E-state index contributed by atoms with van der Waals surface area (Å²) in [6, 6.07) is 0. The molecule has 128 valence electrons. The molecule has 0 bridgehead atoms. The molecular formula is C19H41PS. The molecule has 0 N–H and O–H groups in total. The number of rotatable bonds is 17. The molecule has 0 aromatic heterocycles. The molecule has 0 saturated heterocycles. The third kappa shape index (κ3) is 16.8. The van der Waals surface area contributed by atoms with Crippen LogP contribution in [0.4, 0.5) is 0 Å². The van der Waals surface area contributed by atoms with E-state index in [-0.39, 0.29) is 0 Å². The number of hydrogen-bond donors (Lipinski definition) is 0. The van der Waals surface area contributed by atoms with Gasteiger partial charge < -0.3 is 0 Å². The maximum Gasteiger partial charge on any atom is -0.0172 e. The van der Waals surface area contributed by atoms with E-state index in [1.54, 1.807) is 0 Å². The molecule has 0 aliphatic rings. The van der Waals surface area contributed by atoms with E-state index >= 15 is 0 Å². The Morgan fingerprint density at radius 2 is 1.00 bits per heavy atom. The van der Waals surface area contributed by atoms with Crippen molar-refractivity contribution >= 4 is 19.2 Å². The summed E-state index contributed by atoms with van der Waals surface area (Å²) in [5, 5.41) is 0. The van der Waals surface area contributed by atoms with Crippen LogP contribution in [0, 0.1) is 0 Å². The highest BCUT2D eigenvalue weighted by atomic mass is 32.4. The van der Waals surface area contributed by atoms with Gasteiger partial charge in [0, 0.05) is 0 Å². The standard InChI is InChI=1S/C19H41PS/c1-3-5-6-7-8-9-10-11-12-13-14-15-16-17-18-19(4-2)20-21/h19H,3-18,20H2,1-2H3. The summed E-state index contributed by atoms with van der Waals surface area (Å²) < 4.78 is 0. The van der Waals surface area contributed by atoms with E-state index in [1.807, 2.05) is 0 Å². The maximum atomic E-state index is 5.26. The van der Waals surface area contributed by atoms with Crippen molar-refractivity contribution in [3.8, 4) is 0 Å². The first-order chi connectivity index (χ1) is 10.3. The van der Waals surface area contributed by atoms with Crippen molar-refractivity contribution in [2.75, 3.05) is 0 Å². The van der Waals surface area contributed by atoms with Gasteiger partial charge in [-0.2, -0.15) is 0 Å². The topological polar surface area (TPSA) is 0 Å². The average Bonchev–Trinajstić information content (AvgIpc) is 2.51. The average molecular weight is 333 g/mol. The highest BCUT2D eigenvalue weighted by Crippen LogP contribution is 2.19. The summed E-state index contributed by atoms with van der Waals surface area (Å²) in [7, 11) is 0.296. The van der Waals surface area contributed by atoms with Crippen molar-refractivity contribution < 1.29 is 0 Å². The van der Waals surface area contributed by atoms with E-state index in [4.69, 9.17) is 11.8 Å². The molecular weight excluding hydrogens is 291 g/mol. The lowest BCUT2D eigenvalue weighted by Crippen LogP contribution is -1.95. The van der Waals surface area contributed by atoms with Crippen molar-refractivity contribution in [3.05, 3.63) is 0 Å². The fraction of sp³-hybridized carbons (Fsp3) is 1.00. The predicted molar refractivity (Wildman–Crippen MR) is 106 cm³/mol. The van der Waals surface area contributed by atoms with Crippen molar-refractivity contribution in [2.24, 2.45) is 0 Å². The lowest BCUT2D eigenvalue weighted by molar-refractivity contribution is 0.530. The molecule has 0 aliphatic heterocycles. The summed E-state index contributed by atoms with van der Waals surface area (Å²) in [6.45, 7) is 4.59. The van der Waals surface area contributed by atoms with Crippen LogP contribution in [0.1, 0.15) is 117 Å². The second-order valence-electron chi connectivity index (χ2n) is 6.69. The summed E-state index contributed by atoms with van der Waals surface area (Å²) >= 11 is 5.26. The van der Waals surface area contributed by atoms with E-state index in [2.05, 4.69) is 13.8 Å². The van der Waals surface area contributed by atoms with E-state index in [0.29, 0.717) is 7.36 Å². The van der Waals surface area contributed by atoms with Gasteiger partial charge in [0.25, 0.3) is 0 Å². The summed E-state index contributed by atoms with van der Waals surface area (Å²) in [5.41, 5.74) is 0.900. The van der Waals surface area contributed by atoms with Crippen molar-refractivity contribution in [1.82, 2.24) is 0 Å². The van der Waals surface area contributed by atoms with Gasteiger partial charge in [0.05, 0.1) is 0 Å².